The highest BCUT2D eigenvalue weighted by molar-refractivity contribution is 6.51. The van der Waals surface area contributed by atoms with Gasteiger partial charge in [-0.05, 0) is 91.9 Å². The minimum atomic E-state index is -0.874. The highest BCUT2D eigenvalue weighted by Gasteiger charge is 2.47. The normalized spacial score (nSPS) is 16.7. The maximum atomic E-state index is 13.6. The van der Waals surface area contributed by atoms with Crippen LogP contribution in [-0.4, -0.2) is 37.1 Å². The lowest BCUT2D eigenvalue weighted by atomic mass is 9.91. The zero-order valence-corrected chi connectivity index (χ0v) is 23.4. The molecule has 7 heteroatoms. The number of nitrogens with zero attached hydrogens (tertiary/aromatic N) is 1. The van der Waals surface area contributed by atoms with E-state index in [1.165, 1.54) is 4.90 Å². The van der Waals surface area contributed by atoms with Gasteiger partial charge in [0.05, 0.1) is 31.9 Å². The van der Waals surface area contributed by atoms with E-state index in [9.17, 15) is 14.7 Å². The number of carbonyl (C=O) groups is 2. The second kappa shape index (κ2) is 11.2. The van der Waals surface area contributed by atoms with E-state index in [-0.39, 0.29) is 23.4 Å². The zero-order chi connectivity index (χ0) is 28.4. The quantitative estimate of drug-likeness (QED) is 0.202. The molecule has 0 bridgehead atoms. The Kier molecular flexibility index (Phi) is 8.00. The summed E-state index contributed by atoms with van der Waals surface area (Å²) in [7, 11) is 3.16. The average Bonchev–Trinajstić information content (AvgIpc) is 3.18. The molecule has 1 unspecified atom stereocenters. The van der Waals surface area contributed by atoms with Gasteiger partial charge in [0.25, 0.3) is 11.7 Å². The number of hydrogen-bond acceptors (Lipinski definition) is 6. The first-order valence-corrected chi connectivity index (χ1v) is 13.0. The summed E-state index contributed by atoms with van der Waals surface area (Å²) in [6, 6.07) is 17.0. The van der Waals surface area contributed by atoms with Crippen molar-refractivity contribution in [3.8, 4) is 17.2 Å². The third kappa shape index (κ3) is 5.35. The number of benzene rings is 3. The van der Waals surface area contributed by atoms with Crippen molar-refractivity contribution in [2.75, 3.05) is 19.1 Å². The summed E-state index contributed by atoms with van der Waals surface area (Å²) < 4.78 is 16.7. The molecule has 0 spiro atoms. The van der Waals surface area contributed by atoms with Crippen molar-refractivity contribution in [3.63, 3.8) is 0 Å². The zero-order valence-electron chi connectivity index (χ0n) is 23.4. The van der Waals surface area contributed by atoms with E-state index >= 15 is 0 Å². The van der Waals surface area contributed by atoms with Gasteiger partial charge < -0.3 is 19.3 Å². The fourth-order valence-corrected chi connectivity index (χ4v) is 4.91. The van der Waals surface area contributed by atoms with Crippen LogP contribution in [0.1, 0.15) is 61.9 Å². The third-order valence-corrected chi connectivity index (χ3v) is 6.79. The number of carbonyl (C=O) groups excluding carboxylic acids is 2. The number of amides is 1. The second-order valence-electron chi connectivity index (χ2n) is 10.2. The molecular formula is C32H35NO6. The topological polar surface area (TPSA) is 85.3 Å². The smallest absolute Gasteiger partial charge is 0.300 e. The average molecular weight is 530 g/mol. The molecule has 1 saturated heterocycles. The van der Waals surface area contributed by atoms with Crippen molar-refractivity contribution in [2.45, 2.75) is 52.7 Å². The maximum Gasteiger partial charge on any atom is 0.300 e. The predicted octanol–water partition coefficient (Wildman–Crippen LogP) is 6.55. The molecule has 1 aliphatic rings. The van der Waals surface area contributed by atoms with Crippen LogP contribution in [0.15, 0.2) is 66.2 Å². The van der Waals surface area contributed by atoms with E-state index in [1.807, 2.05) is 52.8 Å². The largest absolute Gasteiger partial charge is 0.507 e. The number of anilines is 1. The summed E-state index contributed by atoms with van der Waals surface area (Å²) in [5.74, 6) is 0.314. The first kappa shape index (κ1) is 27.8. The van der Waals surface area contributed by atoms with Crippen molar-refractivity contribution in [1.29, 1.82) is 0 Å². The Morgan fingerprint density at radius 1 is 0.897 bits per heavy atom. The van der Waals surface area contributed by atoms with Crippen molar-refractivity contribution in [1.82, 2.24) is 0 Å². The van der Waals surface area contributed by atoms with E-state index in [2.05, 4.69) is 0 Å². The molecule has 1 N–H and O–H groups in total. The number of ketones is 1. The minimum absolute atomic E-state index is 0.00896. The molecule has 4 rings (SSSR count). The summed E-state index contributed by atoms with van der Waals surface area (Å²) in [6.07, 6.45) is -0.00896. The predicted molar refractivity (Wildman–Crippen MR) is 152 cm³/mol. The highest BCUT2D eigenvalue weighted by atomic mass is 16.5. The summed E-state index contributed by atoms with van der Waals surface area (Å²) >= 11 is 0. The van der Waals surface area contributed by atoms with Gasteiger partial charge in [0.2, 0.25) is 0 Å². The van der Waals surface area contributed by atoms with Gasteiger partial charge in [0.1, 0.15) is 23.0 Å². The van der Waals surface area contributed by atoms with Gasteiger partial charge in [-0.1, -0.05) is 26.0 Å². The van der Waals surface area contributed by atoms with E-state index < -0.39 is 17.7 Å². The fraction of sp³-hybridized carbons (Fsp3) is 0.312. The van der Waals surface area contributed by atoms with Crippen molar-refractivity contribution >= 4 is 23.1 Å². The van der Waals surface area contributed by atoms with Crippen LogP contribution in [0, 0.1) is 6.92 Å². The number of aryl methyl sites for hydroxylation is 1. The van der Waals surface area contributed by atoms with Gasteiger partial charge in [0.15, 0.2) is 0 Å². The Hall–Kier alpha value is -4.26. The lowest BCUT2D eigenvalue weighted by Gasteiger charge is -2.26. The first-order valence-electron chi connectivity index (χ1n) is 13.0. The molecule has 3 aromatic rings. The Labute approximate surface area is 229 Å². The van der Waals surface area contributed by atoms with Gasteiger partial charge in [-0.25, -0.2) is 0 Å². The fourth-order valence-electron chi connectivity index (χ4n) is 4.91. The highest BCUT2D eigenvalue weighted by Crippen LogP contribution is 2.44. The van der Waals surface area contributed by atoms with Gasteiger partial charge in [-0.3, -0.25) is 14.5 Å². The summed E-state index contributed by atoms with van der Waals surface area (Å²) in [5, 5.41) is 11.7. The van der Waals surface area contributed by atoms with E-state index in [1.54, 1.807) is 56.7 Å². The van der Waals surface area contributed by atoms with Crippen LogP contribution in [0.2, 0.25) is 0 Å². The number of Topliss-reactive ketones (excluding diaryl/α,β-unsaturated/α-hetero) is 1. The van der Waals surface area contributed by atoms with Crippen LogP contribution in [0.4, 0.5) is 5.69 Å². The van der Waals surface area contributed by atoms with Crippen LogP contribution >= 0.6 is 0 Å². The third-order valence-electron chi connectivity index (χ3n) is 6.79. The maximum absolute atomic E-state index is 13.6. The Bertz CT molecular complexity index is 1420. The molecule has 1 heterocycles. The number of ether oxygens (including phenoxy) is 3. The van der Waals surface area contributed by atoms with Crippen LogP contribution in [0.25, 0.3) is 5.76 Å². The number of methoxy groups -OCH3 is 2. The number of aliphatic hydroxyl groups is 1. The van der Waals surface area contributed by atoms with Crippen molar-refractivity contribution < 1.29 is 28.9 Å². The Morgan fingerprint density at radius 3 is 2.18 bits per heavy atom. The molecule has 3 aromatic carbocycles. The molecule has 39 heavy (non-hydrogen) atoms. The molecule has 1 atom stereocenters. The lowest BCUT2D eigenvalue weighted by Crippen LogP contribution is -2.29. The molecule has 1 aliphatic heterocycles. The molecule has 0 radical (unpaired) electrons. The molecule has 1 fully saturated rings. The van der Waals surface area contributed by atoms with Crippen LogP contribution in [-0.2, 0) is 9.59 Å². The van der Waals surface area contributed by atoms with E-state index in [0.717, 1.165) is 11.1 Å². The van der Waals surface area contributed by atoms with Gasteiger partial charge in [-0.2, -0.15) is 0 Å². The number of aliphatic hydroxyl groups excluding tert-OH is 1. The molecule has 204 valence electrons. The molecular weight excluding hydrogens is 494 g/mol. The Morgan fingerprint density at radius 2 is 1.59 bits per heavy atom. The minimum Gasteiger partial charge on any atom is -0.507 e. The van der Waals surface area contributed by atoms with E-state index in [4.69, 9.17) is 14.2 Å². The summed E-state index contributed by atoms with van der Waals surface area (Å²) in [4.78, 5) is 28.6. The van der Waals surface area contributed by atoms with Gasteiger partial charge in [0, 0.05) is 11.3 Å². The number of hydrogen-bond donors (Lipinski definition) is 1. The number of rotatable bonds is 8. The van der Waals surface area contributed by atoms with Gasteiger partial charge in [-0.15, -0.1) is 0 Å². The SMILES string of the molecule is COc1cccc(C2/C(=C(\O)c3cc(C(C)C)c(OC)cc3C)C(=O)C(=O)N2c2ccc(OC(C)C)cc2)c1. The second-order valence-corrected chi connectivity index (χ2v) is 10.2. The summed E-state index contributed by atoms with van der Waals surface area (Å²) in [6.45, 7) is 9.76. The molecule has 1 amide bonds. The van der Waals surface area contributed by atoms with E-state index in [0.29, 0.717) is 34.1 Å². The summed E-state index contributed by atoms with van der Waals surface area (Å²) in [5.41, 5.74) is 3.24. The molecule has 7 nitrogen and oxygen atoms in total. The molecule has 0 aromatic heterocycles. The van der Waals surface area contributed by atoms with Crippen LogP contribution in [0.3, 0.4) is 0 Å². The van der Waals surface area contributed by atoms with Crippen LogP contribution in [0.5, 0.6) is 17.2 Å². The van der Waals surface area contributed by atoms with Crippen molar-refractivity contribution in [3.05, 3.63) is 88.5 Å². The monoisotopic (exact) mass is 529 g/mol. The van der Waals surface area contributed by atoms with Crippen LogP contribution < -0.4 is 19.1 Å². The van der Waals surface area contributed by atoms with Gasteiger partial charge >= 0.3 is 0 Å². The molecule has 0 saturated carbocycles. The molecule has 0 aliphatic carbocycles. The first-order chi connectivity index (χ1) is 18.6. The van der Waals surface area contributed by atoms with Crippen molar-refractivity contribution in [2.24, 2.45) is 0 Å². The lowest BCUT2D eigenvalue weighted by molar-refractivity contribution is -0.132. The Balaban J connectivity index is 1.94. The standard InChI is InChI=1S/C32H35NO6/c1-18(2)25-17-26(20(5)15-27(25)38-7)30(34)28-29(21-9-8-10-24(16-21)37-6)33(32(36)31(28)35)22-11-13-23(14-12-22)39-19(3)4/h8-19,29,34H,1-7H3/b30-28+.